The average Bonchev–Trinajstić information content (AvgIpc) is 3.47. The number of ketones is 1. The van der Waals surface area contributed by atoms with E-state index in [1.165, 1.54) is 16.2 Å². The Morgan fingerprint density at radius 2 is 1.72 bits per heavy atom. The van der Waals surface area contributed by atoms with Crippen molar-refractivity contribution in [3.63, 3.8) is 0 Å². The predicted molar refractivity (Wildman–Crippen MR) is 158 cm³/mol. The molecule has 0 spiro atoms. The number of anilines is 2. The van der Waals surface area contributed by atoms with E-state index in [9.17, 15) is 14.7 Å². The highest BCUT2D eigenvalue weighted by Crippen LogP contribution is 2.44. The number of benzene rings is 3. The van der Waals surface area contributed by atoms with Gasteiger partial charge < -0.3 is 10.0 Å². The van der Waals surface area contributed by atoms with Gasteiger partial charge in [-0.2, -0.15) is 0 Å². The number of nitrogens with zero attached hydrogens (tertiary/aromatic N) is 3. The van der Waals surface area contributed by atoms with Crippen molar-refractivity contribution in [3.8, 4) is 10.6 Å². The summed E-state index contributed by atoms with van der Waals surface area (Å²) >= 11 is 7.53. The minimum Gasteiger partial charge on any atom is -0.503 e. The highest BCUT2D eigenvalue weighted by atomic mass is 35.5. The molecule has 1 aliphatic heterocycles. The van der Waals surface area contributed by atoms with Gasteiger partial charge in [-0.3, -0.25) is 14.5 Å². The summed E-state index contributed by atoms with van der Waals surface area (Å²) < 4.78 is 0. The first-order valence-electron chi connectivity index (χ1n) is 12.8. The molecule has 1 amide bonds. The van der Waals surface area contributed by atoms with Crippen molar-refractivity contribution in [2.24, 2.45) is 0 Å². The molecule has 0 saturated carbocycles. The molecule has 6 nitrogen and oxygen atoms in total. The lowest BCUT2D eigenvalue weighted by Crippen LogP contribution is -2.31. The normalized spacial score (nSPS) is 15.2. The standard InChI is InChI=1S/C31H28ClN3O3S/c1-4-34(5-2)23-16-14-20(15-17-23)26-25(28(37)31(38)35(26)24-13-9-12-22(32)18-24)27(36)29-19(3)33-30(39-29)21-10-7-6-8-11-21/h6-18,26,37H,4-5H2,1-3H3. The minimum absolute atomic E-state index is 0.0296. The van der Waals surface area contributed by atoms with E-state index in [1.54, 1.807) is 31.2 Å². The smallest absolute Gasteiger partial charge is 0.294 e. The van der Waals surface area contributed by atoms with Crippen LogP contribution in [-0.2, 0) is 4.79 Å². The van der Waals surface area contributed by atoms with Crippen LogP contribution in [0.2, 0.25) is 5.02 Å². The summed E-state index contributed by atoms with van der Waals surface area (Å²) in [5, 5.41) is 12.3. The molecule has 4 aromatic rings. The van der Waals surface area contributed by atoms with Gasteiger partial charge in [-0.15, -0.1) is 11.3 Å². The first-order valence-corrected chi connectivity index (χ1v) is 14.0. The van der Waals surface area contributed by atoms with E-state index in [-0.39, 0.29) is 5.57 Å². The number of rotatable bonds is 8. The van der Waals surface area contributed by atoms with Crippen LogP contribution in [0, 0.1) is 6.92 Å². The minimum atomic E-state index is -0.837. The first-order chi connectivity index (χ1) is 18.8. The Labute approximate surface area is 236 Å². The van der Waals surface area contributed by atoms with Crippen LogP contribution in [0.15, 0.2) is 90.2 Å². The zero-order chi connectivity index (χ0) is 27.7. The number of hydrogen-bond donors (Lipinski definition) is 1. The van der Waals surface area contributed by atoms with E-state index < -0.39 is 23.5 Å². The van der Waals surface area contributed by atoms with Gasteiger partial charge in [0.2, 0.25) is 5.78 Å². The number of aliphatic hydroxyl groups is 1. The molecule has 1 aromatic heterocycles. The Balaban J connectivity index is 1.62. The van der Waals surface area contributed by atoms with E-state index in [0.29, 0.717) is 31.9 Å². The molecule has 198 valence electrons. The van der Waals surface area contributed by atoms with Crippen LogP contribution < -0.4 is 9.80 Å². The van der Waals surface area contributed by atoms with Crippen LogP contribution in [-0.4, -0.2) is 34.9 Å². The largest absolute Gasteiger partial charge is 0.503 e. The molecule has 1 unspecified atom stereocenters. The summed E-state index contributed by atoms with van der Waals surface area (Å²) in [6, 6.07) is 23.4. The number of amides is 1. The Kier molecular flexibility index (Phi) is 7.55. The zero-order valence-corrected chi connectivity index (χ0v) is 23.5. The van der Waals surface area contributed by atoms with E-state index in [0.717, 1.165) is 24.3 Å². The quantitative estimate of drug-likeness (QED) is 0.228. The Hall–Kier alpha value is -3.94. The fourth-order valence-corrected chi connectivity index (χ4v) is 6.15. The molecule has 0 aliphatic carbocycles. The third-order valence-electron chi connectivity index (χ3n) is 6.90. The molecule has 5 rings (SSSR count). The lowest BCUT2D eigenvalue weighted by atomic mass is 9.94. The molecule has 1 aliphatic rings. The number of carbonyl (C=O) groups excluding carboxylic acids is 2. The van der Waals surface area contributed by atoms with Gasteiger partial charge in [0.05, 0.1) is 22.2 Å². The second-order valence-corrected chi connectivity index (χ2v) is 10.6. The third-order valence-corrected chi connectivity index (χ3v) is 8.34. The second-order valence-electron chi connectivity index (χ2n) is 9.21. The molecule has 8 heteroatoms. The van der Waals surface area contributed by atoms with Crippen LogP contribution in [0.5, 0.6) is 0 Å². The Morgan fingerprint density at radius 3 is 2.36 bits per heavy atom. The van der Waals surface area contributed by atoms with Crippen molar-refractivity contribution >= 4 is 46.0 Å². The van der Waals surface area contributed by atoms with Gasteiger partial charge in [-0.05, 0) is 56.7 Å². The van der Waals surface area contributed by atoms with Crippen LogP contribution in [0.3, 0.4) is 0 Å². The zero-order valence-electron chi connectivity index (χ0n) is 21.9. The van der Waals surface area contributed by atoms with Crippen molar-refractivity contribution in [2.45, 2.75) is 26.8 Å². The number of halogens is 1. The lowest BCUT2D eigenvalue weighted by molar-refractivity contribution is -0.117. The molecule has 0 fully saturated rings. The molecule has 39 heavy (non-hydrogen) atoms. The Morgan fingerprint density at radius 1 is 1.03 bits per heavy atom. The monoisotopic (exact) mass is 557 g/mol. The molecular weight excluding hydrogens is 530 g/mol. The number of Topliss-reactive ketones (excluding diaryl/α,β-unsaturated/α-hetero) is 1. The molecule has 2 heterocycles. The van der Waals surface area contributed by atoms with Crippen molar-refractivity contribution in [2.75, 3.05) is 22.9 Å². The summed E-state index contributed by atoms with van der Waals surface area (Å²) in [6.07, 6.45) is 0. The van der Waals surface area contributed by atoms with Gasteiger partial charge in [0.15, 0.2) is 5.76 Å². The fraction of sp³-hybridized carbons (Fsp3) is 0.194. The average molecular weight is 558 g/mol. The molecule has 0 bridgehead atoms. The summed E-state index contributed by atoms with van der Waals surface area (Å²) in [6.45, 7) is 7.66. The van der Waals surface area contributed by atoms with Gasteiger partial charge >= 0.3 is 0 Å². The van der Waals surface area contributed by atoms with Gasteiger partial charge in [0.1, 0.15) is 5.01 Å². The lowest BCUT2D eigenvalue weighted by Gasteiger charge is -2.28. The molecule has 0 saturated heterocycles. The molecule has 1 atom stereocenters. The third kappa shape index (κ3) is 4.95. The van der Waals surface area contributed by atoms with Crippen molar-refractivity contribution in [1.82, 2.24) is 4.98 Å². The van der Waals surface area contributed by atoms with Crippen LogP contribution in [0.25, 0.3) is 10.6 Å². The second kappa shape index (κ2) is 11.0. The number of hydrogen-bond acceptors (Lipinski definition) is 6. The van der Waals surface area contributed by atoms with Gasteiger partial charge in [0, 0.05) is 35.1 Å². The van der Waals surface area contributed by atoms with Crippen molar-refractivity contribution in [3.05, 3.63) is 111 Å². The van der Waals surface area contributed by atoms with Crippen molar-refractivity contribution in [1.29, 1.82) is 0 Å². The molecular formula is C31H28ClN3O3S. The highest BCUT2D eigenvalue weighted by Gasteiger charge is 2.45. The molecule has 0 radical (unpaired) electrons. The predicted octanol–water partition coefficient (Wildman–Crippen LogP) is 7.40. The number of thiazole rings is 1. The number of aromatic nitrogens is 1. The summed E-state index contributed by atoms with van der Waals surface area (Å²) in [4.78, 5) is 36.3. The van der Waals surface area contributed by atoms with Crippen LogP contribution in [0.4, 0.5) is 11.4 Å². The van der Waals surface area contributed by atoms with Crippen LogP contribution in [0.1, 0.15) is 40.8 Å². The maximum atomic E-state index is 14.1. The van der Waals surface area contributed by atoms with E-state index in [1.807, 2.05) is 54.6 Å². The Bertz CT molecular complexity index is 1560. The molecule has 1 N–H and O–H groups in total. The highest BCUT2D eigenvalue weighted by molar-refractivity contribution is 7.17. The van der Waals surface area contributed by atoms with Gasteiger partial charge in [-0.25, -0.2) is 4.98 Å². The number of aliphatic hydroxyl groups excluding tert-OH is 1. The van der Waals surface area contributed by atoms with Gasteiger partial charge in [0.25, 0.3) is 5.91 Å². The number of aryl methyl sites for hydroxylation is 1. The summed E-state index contributed by atoms with van der Waals surface area (Å²) in [5.41, 5.74) is 3.71. The van der Waals surface area contributed by atoms with Crippen molar-refractivity contribution < 1.29 is 14.7 Å². The SMILES string of the molecule is CCN(CC)c1ccc(C2C(C(=O)c3sc(-c4ccccc4)nc3C)=C(O)C(=O)N2c2cccc(Cl)c2)cc1. The topological polar surface area (TPSA) is 73.7 Å². The van der Waals surface area contributed by atoms with Gasteiger partial charge in [-0.1, -0.05) is 60.1 Å². The maximum absolute atomic E-state index is 14.1. The molecule has 3 aromatic carbocycles. The maximum Gasteiger partial charge on any atom is 0.294 e. The number of carbonyl (C=O) groups is 2. The fourth-order valence-electron chi connectivity index (χ4n) is 4.93. The first kappa shape index (κ1) is 26.7. The summed E-state index contributed by atoms with van der Waals surface area (Å²) in [5.74, 6) is -1.63. The van der Waals surface area contributed by atoms with E-state index in [2.05, 4.69) is 23.7 Å². The summed E-state index contributed by atoms with van der Waals surface area (Å²) in [7, 11) is 0. The van der Waals surface area contributed by atoms with E-state index in [4.69, 9.17) is 11.6 Å². The van der Waals surface area contributed by atoms with Crippen LogP contribution >= 0.6 is 22.9 Å². The van der Waals surface area contributed by atoms with E-state index >= 15 is 0 Å².